The van der Waals surface area contributed by atoms with Crippen LogP contribution in [-0.4, -0.2) is 23.3 Å². The largest absolute Gasteiger partial charge is 0.352 e. The van der Waals surface area contributed by atoms with Gasteiger partial charge in [0, 0.05) is 28.5 Å². The molecule has 0 radical (unpaired) electrons. The van der Waals surface area contributed by atoms with Crippen LogP contribution >= 0.6 is 15.9 Å². The molecule has 0 spiro atoms. The number of pyridine rings is 1. The Bertz CT molecular complexity index is 732. The number of nitrogens with one attached hydrogen (secondary N) is 2. The van der Waals surface area contributed by atoms with Crippen LogP contribution < -0.4 is 10.6 Å². The van der Waals surface area contributed by atoms with E-state index < -0.39 is 0 Å². The Labute approximate surface area is 143 Å². The third-order valence-electron chi connectivity index (χ3n) is 3.23. The van der Waals surface area contributed by atoms with Gasteiger partial charge in [-0.1, -0.05) is 22.9 Å². The lowest BCUT2D eigenvalue weighted by molar-refractivity contribution is 0.0953. The van der Waals surface area contributed by atoms with Gasteiger partial charge in [-0.2, -0.15) is 0 Å². The highest BCUT2D eigenvalue weighted by Gasteiger charge is 2.12. The Hall–Kier alpha value is -2.21. The Morgan fingerprint density at radius 3 is 2.65 bits per heavy atom. The Morgan fingerprint density at radius 1 is 1.17 bits per heavy atom. The minimum absolute atomic E-state index is 0.205. The second kappa shape index (κ2) is 7.87. The molecule has 120 valence electrons. The number of aromatic nitrogens is 1. The zero-order chi connectivity index (χ0) is 16.8. The maximum absolute atomic E-state index is 12.3. The molecule has 1 heterocycles. The minimum Gasteiger partial charge on any atom is -0.352 e. The molecule has 0 saturated heterocycles. The van der Waals surface area contributed by atoms with Crippen molar-refractivity contribution in [2.24, 2.45) is 0 Å². The molecule has 0 saturated carbocycles. The molecule has 0 fully saturated rings. The van der Waals surface area contributed by atoms with Gasteiger partial charge in [-0.3, -0.25) is 14.6 Å². The average Bonchev–Trinajstić information content (AvgIpc) is 2.55. The Morgan fingerprint density at radius 2 is 1.96 bits per heavy atom. The predicted octanol–water partition coefficient (Wildman–Crippen LogP) is 3.54. The predicted molar refractivity (Wildman–Crippen MR) is 93.7 cm³/mol. The second-order valence-corrected chi connectivity index (χ2v) is 6.01. The van der Waals surface area contributed by atoms with E-state index in [1.807, 2.05) is 32.0 Å². The summed E-state index contributed by atoms with van der Waals surface area (Å²) in [6.45, 7) is 4.48. The molecule has 1 aromatic heterocycles. The fourth-order valence-electron chi connectivity index (χ4n) is 1.99. The van der Waals surface area contributed by atoms with Gasteiger partial charge in [-0.05, 0) is 49.2 Å². The zero-order valence-electron chi connectivity index (χ0n) is 13.0. The number of aryl methyl sites for hydroxylation is 1. The standard InChI is InChI=1S/C17H18BrN3O2/c1-3-7-20-16(22)12-6-8-19-15(10-12)17(23)21-14-5-4-13(18)9-11(14)2/h4-6,8-10H,3,7H2,1-2H3,(H,20,22)(H,21,23). The highest BCUT2D eigenvalue weighted by molar-refractivity contribution is 9.10. The van der Waals surface area contributed by atoms with E-state index in [1.54, 1.807) is 6.07 Å². The minimum atomic E-state index is -0.347. The molecular weight excluding hydrogens is 358 g/mol. The molecule has 2 rings (SSSR count). The summed E-state index contributed by atoms with van der Waals surface area (Å²) in [5, 5.41) is 5.59. The van der Waals surface area contributed by atoms with Crippen molar-refractivity contribution in [3.8, 4) is 0 Å². The summed E-state index contributed by atoms with van der Waals surface area (Å²) in [5.41, 5.74) is 2.27. The zero-order valence-corrected chi connectivity index (χ0v) is 14.6. The van der Waals surface area contributed by atoms with Crippen molar-refractivity contribution in [3.05, 3.63) is 57.8 Å². The van der Waals surface area contributed by atoms with Crippen LogP contribution in [0.5, 0.6) is 0 Å². The van der Waals surface area contributed by atoms with Gasteiger partial charge in [0.2, 0.25) is 0 Å². The van der Waals surface area contributed by atoms with Crippen molar-refractivity contribution < 1.29 is 9.59 Å². The number of benzene rings is 1. The first kappa shape index (κ1) is 17.1. The van der Waals surface area contributed by atoms with Crippen molar-refractivity contribution in [2.75, 3.05) is 11.9 Å². The maximum atomic E-state index is 12.3. The summed E-state index contributed by atoms with van der Waals surface area (Å²) >= 11 is 3.38. The second-order valence-electron chi connectivity index (χ2n) is 5.10. The summed E-state index contributed by atoms with van der Waals surface area (Å²) in [5.74, 6) is -0.552. The SMILES string of the molecule is CCCNC(=O)c1ccnc(C(=O)Nc2ccc(Br)cc2C)c1. The van der Waals surface area contributed by atoms with Gasteiger partial charge in [-0.25, -0.2) is 0 Å². The number of amides is 2. The lowest BCUT2D eigenvalue weighted by Gasteiger charge is -2.09. The number of carbonyl (C=O) groups is 2. The van der Waals surface area contributed by atoms with Crippen LogP contribution in [-0.2, 0) is 0 Å². The van der Waals surface area contributed by atoms with Gasteiger partial charge < -0.3 is 10.6 Å². The van der Waals surface area contributed by atoms with Crippen molar-refractivity contribution in [2.45, 2.75) is 20.3 Å². The van der Waals surface area contributed by atoms with E-state index >= 15 is 0 Å². The summed E-state index contributed by atoms with van der Waals surface area (Å²) in [7, 11) is 0. The average molecular weight is 376 g/mol. The highest BCUT2D eigenvalue weighted by Crippen LogP contribution is 2.20. The van der Waals surface area contributed by atoms with E-state index in [1.165, 1.54) is 12.3 Å². The molecule has 0 aliphatic heterocycles. The number of rotatable bonds is 5. The van der Waals surface area contributed by atoms with Gasteiger partial charge >= 0.3 is 0 Å². The Kier molecular flexibility index (Phi) is 5.87. The summed E-state index contributed by atoms with van der Waals surface area (Å²) in [6, 6.07) is 8.67. The third-order valence-corrected chi connectivity index (χ3v) is 3.72. The van der Waals surface area contributed by atoms with E-state index in [9.17, 15) is 9.59 Å². The molecule has 5 nitrogen and oxygen atoms in total. The third kappa shape index (κ3) is 4.63. The van der Waals surface area contributed by atoms with Gasteiger partial charge in [0.05, 0.1) is 0 Å². The van der Waals surface area contributed by atoms with E-state index in [0.29, 0.717) is 17.8 Å². The number of halogens is 1. The van der Waals surface area contributed by atoms with E-state index in [0.717, 1.165) is 16.5 Å². The fraction of sp³-hybridized carbons (Fsp3) is 0.235. The normalized spacial score (nSPS) is 10.2. The summed E-state index contributed by atoms with van der Waals surface area (Å²) in [6.07, 6.45) is 2.32. The Balaban J connectivity index is 2.15. The molecule has 0 unspecified atom stereocenters. The summed E-state index contributed by atoms with van der Waals surface area (Å²) in [4.78, 5) is 28.3. The number of hydrogen-bond acceptors (Lipinski definition) is 3. The molecule has 0 aliphatic carbocycles. The van der Waals surface area contributed by atoms with Crippen LogP contribution in [0.3, 0.4) is 0 Å². The topological polar surface area (TPSA) is 71.1 Å². The van der Waals surface area contributed by atoms with Crippen molar-refractivity contribution >= 4 is 33.4 Å². The molecular formula is C17H18BrN3O2. The number of carbonyl (C=O) groups excluding carboxylic acids is 2. The van der Waals surface area contributed by atoms with Gasteiger partial charge in [0.15, 0.2) is 0 Å². The summed E-state index contributed by atoms with van der Waals surface area (Å²) < 4.78 is 0.945. The molecule has 1 aromatic carbocycles. The van der Waals surface area contributed by atoms with Crippen LogP contribution in [0.4, 0.5) is 5.69 Å². The van der Waals surface area contributed by atoms with E-state index in [4.69, 9.17) is 0 Å². The van der Waals surface area contributed by atoms with Gasteiger partial charge in [0.1, 0.15) is 5.69 Å². The molecule has 2 N–H and O–H groups in total. The molecule has 23 heavy (non-hydrogen) atoms. The quantitative estimate of drug-likeness (QED) is 0.839. The number of anilines is 1. The number of nitrogens with zero attached hydrogens (tertiary/aromatic N) is 1. The van der Waals surface area contributed by atoms with Crippen LogP contribution in [0, 0.1) is 6.92 Å². The fourth-order valence-corrected chi connectivity index (χ4v) is 2.47. The molecule has 6 heteroatoms. The monoisotopic (exact) mass is 375 g/mol. The van der Waals surface area contributed by atoms with Crippen LogP contribution in [0.25, 0.3) is 0 Å². The molecule has 0 atom stereocenters. The highest BCUT2D eigenvalue weighted by atomic mass is 79.9. The van der Waals surface area contributed by atoms with E-state index in [2.05, 4.69) is 31.5 Å². The first-order chi connectivity index (χ1) is 11.0. The first-order valence-corrected chi connectivity index (χ1v) is 8.12. The molecule has 2 aromatic rings. The first-order valence-electron chi connectivity index (χ1n) is 7.33. The van der Waals surface area contributed by atoms with Crippen LogP contribution in [0.15, 0.2) is 41.0 Å². The van der Waals surface area contributed by atoms with Crippen molar-refractivity contribution in [3.63, 3.8) is 0 Å². The lowest BCUT2D eigenvalue weighted by Crippen LogP contribution is -2.24. The van der Waals surface area contributed by atoms with E-state index in [-0.39, 0.29) is 17.5 Å². The maximum Gasteiger partial charge on any atom is 0.274 e. The number of hydrogen-bond donors (Lipinski definition) is 2. The molecule has 2 amide bonds. The molecule has 0 bridgehead atoms. The molecule has 0 aliphatic rings. The lowest BCUT2D eigenvalue weighted by atomic mass is 10.2. The van der Waals surface area contributed by atoms with Gasteiger partial charge in [-0.15, -0.1) is 0 Å². The smallest absolute Gasteiger partial charge is 0.274 e. The van der Waals surface area contributed by atoms with Crippen LogP contribution in [0.2, 0.25) is 0 Å². The van der Waals surface area contributed by atoms with Crippen molar-refractivity contribution in [1.29, 1.82) is 0 Å². The van der Waals surface area contributed by atoms with Crippen LogP contribution in [0.1, 0.15) is 39.8 Å². The van der Waals surface area contributed by atoms with Gasteiger partial charge in [0.25, 0.3) is 11.8 Å². The van der Waals surface area contributed by atoms with Crippen molar-refractivity contribution in [1.82, 2.24) is 10.3 Å².